The number of carbonyl (C=O) groups is 1. The Labute approximate surface area is 102 Å². The smallest absolute Gasteiger partial charge is 0.248 e. The van der Waals surface area contributed by atoms with Gasteiger partial charge in [-0.1, -0.05) is 0 Å². The first-order chi connectivity index (χ1) is 8.22. The molecule has 0 bridgehead atoms. The molecule has 5 nitrogen and oxygen atoms in total. The van der Waals surface area contributed by atoms with Crippen LogP contribution in [0.25, 0.3) is 0 Å². The molecule has 0 aromatic rings. The summed E-state index contributed by atoms with van der Waals surface area (Å²) in [4.78, 5) is 13.4. The van der Waals surface area contributed by atoms with Crippen molar-refractivity contribution in [2.45, 2.75) is 18.4 Å². The van der Waals surface area contributed by atoms with Crippen molar-refractivity contribution in [1.29, 1.82) is 0 Å². The van der Waals surface area contributed by atoms with Gasteiger partial charge in [0.1, 0.15) is 12.2 Å². The van der Waals surface area contributed by atoms with Crippen LogP contribution in [0.1, 0.15) is 12.8 Å². The summed E-state index contributed by atoms with van der Waals surface area (Å²) in [5.74, 6) is 0.577. The minimum atomic E-state index is -0.0953. The second kappa shape index (κ2) is 5.33. The predicted molar refractivity (Wildman–Crippen MR) is 61.7 cm³/mol. The monoisotopic (exact) mass is 243 g/mol. The summed E-state index contributed by atoms with van der Waals surface area (Å²) in [6.45, 7) is 3.16. The molecular weight excluding hydrogens is 222 g/mol. The molecule has 1 atom stereocenters. The van der Waals surface area contributed by atoms with Crippen molar-refractivity contribution in [2.24, 2.45) is 5.92 Å². The highest BCUT2D eigenvalue weighted by atomic mass is 16.5. The fraction of sp³-hybridized carbons (Fsp3) is 0.917. The third kappa shape index (κ3) is 2.46. The molecule has 2 heterocycles. The number of hydrogen-bond donors (Lipinski definition) is 0. The molecule has 0 saturated carbocycles. The van der Waals surface area contributed by atoms with Crippen molar-refractivity contribution in [3.8, 4) is 0 Å². The average molecular weight is 243 g/mol. The summed E-state index contributed by atoms with van der Waals surface area (Å²) in [6, 6.07) is 0. The maximum Gasteiger partial charge on any atom is 0.248 e. The number of amides is 1. The van der Waals surface area contributed by atoms with Crippen molar-refractivity contribution in [3.05, 3.63) is 0 Å². The average Bonchev–Trinajstić information content (AvgIpc) is 2.68. The van der Waals surface area contributed by atoms with E-state index in [-0.39, 0.29) is 18.1 Å². The number of likely N-dealkylation sites (tertiary alicyclic amines) is 1. The maximum absolute atomic E-state index is 11.6. The first-order valence-corrected chi connectivity index (χ1v) is 6.11. The van der Waals surface area contributed by atoms with Crippen LogP contribution in [0.5, 0.6) is 0 Å². The van der Waals surface area contributed by atoms with Crippen LogP contribution < -0.4 is 0 Å². The van der Waals surface area contributed by atoms with E-state index >= 15 is 0 Å². The summed E-state index contributed by atoms with van der Waals surface area (Å²) in [5, 5.41) is 0. The zero-order chi connectivity index (χ0) is 12.3. The molecule has 2 aliphatic rings. The molecule has 0 radical (unpaired) electrons. The Hall–Kier alpha value is -0.650. The molecule has 0 N–H and O–H groups in total. The highest BCUT2D eigenvalue weighted by Crippen LogP contribution is 2.41. The van der Waals surface area contributed by atoms with Gasteiger partial charge in [0, 0.05) is 27.4 Å². The second-order valence-corrected chi connectivity index (χ2v) is 4.86. The van der Waals surface area contributed by atoms with Gasteiger partial charge in [0.25, 0.3) is 0 Å². The Balaban J connectivity index is 1.84. The Kier molecular flexibility index (Phi) is 4.01. The molecule has 0 aromatic heterocycles. The van der Waals surface area contributed by atoms with Crippen molar-refractivity contribution >= 4 is 5.91 Å². The number of nitrogens with zero attached hydrogens (tertiary/aromatic N) is 1. The second-order valence-electron chi connectivity index (χ2n) is 4.86. The Bertz CT molecular complexity index is 276. The number of ether oxygens (including phenoxy) is 3. The van der Waals surface area contributed by atoms with Crippen LogP contribution in [0.4, 0.5) is 0 Å². The molecule has 2 aliphatic heterocycles. The van der Waals surface area contributed by atoms with Gasteiger partial charge in [-0.05, 0) is 18.8 Å². The van der Waals surface area contributed by atoms with E-state index in [0.717, 1.165) is 26.1 Å². The predicted octanol–water partition coefficient (Wildman–Crippen LogP) is 0.287. The third-order valence-electron chi connectivity index (χ3n) is 3.81. The van der Waals surface area contributed by atoms with Crippen LogP contribution in [-0.4, -0.2) is 63.5 Å². The topological polar surface area (TPSA) is 48.0 Å². The molecule has 17 heavy (non-hydrogen) atoms. The Morgan fingerprint density at radius 3 is 2.82 bits per heavy atom. The third-order valence-corrected chi connectivity index (χ3v) is 3.81. The molecule has 0 aliphatic carbocycles. The fourth-order valence-electron chi connectivity index (χ4n) is 2.79. The SMILES string of the molecule is COCC[C@@H]1CCOC12CN(C(=O)COC)C2. The normalized spacial score (nSPS) is 26.2. The van der Waals surface area contributed by atoms with Crippen LogP contribution in [0.15, 0.2) is 0 Å². The van der Waals surface area contributed by atoms with Crippen molar-refractivity contribution in [2.75, 3.05) is 47.1 Å². The number of carbonyl (C=O) groups excluding carboxylic acids is 1. The Morgan fingerprint density at radius 1 is 1.41 bits per heavy atom. The van der Waals surface area contributed by atoms with Crippen LogP contribution in [0.3, 0.4) is 0 Å². The summed E-state index contributed by atoms with van der Waals surface area (Å²) < 4.78 is 15.8. The molecular formula is C12H21NO4. The summed E-state index contributed by atoms with van der Waals surface area (Å²) in [7, 11) is 3.26. The van der Waals surface area contributed by atoms with Gasteiger partial charge in [0.05, 0.1) is 13.1 Å². The highest BCUT2D eigenvalue weighted by Gasteiger charge is 2.53. The molecule has 1 spiro atoms. The lowest BCUT2D eigenvalue weighted by Gasteiger charge is -2.50. The minimum Gasteiger partial charge on any atom is -0.385 e. The molecule has 98 valence electrons. The van der Waals surface area contributed by atoms with Gasteiger partial charge in [0.15, 0.2) is 0 Å². The summed E-state index contributed by atoms with van der Waals surface area (Å²) >= 11 is 0. The molecule has 0 aromatic carbocycles. The number of methoxy groups -OCH3 is 2. The minimum absolute atomic E-state index is 0.0547. The van der Waals surface area contributed by atoms with Crippen LogP contribution >= 0.6 is 0 Å². The van der Waals surface area contributed by atoms with Crippen LogP contribution in [-0.2, 0) is 19.0 Å². The first-order valence-electron chi connectivity index (χ1n) is 6.11. The fourth-order valence-corrected chi connectivity index (χ4v) is 2.79. The van der Waals surface area contributed by atoms with Gasteiger partial charge in [-0.2, -0.15) is 0 Å². The van der Waals surface area contributed by atoms with Gasteiger partial charge in [-0.15, -0.1) is 0 Å². The largest absolute Gasteiger partial charge is 0.385 e. The van der Waals surface area contributed by atoms with E-state index in [4.69, 9.17) is 14.2 Å². The number of hydrogen-bond acceptors (Lipinski definition) is 4. The molecule has 2 fully saturated rings. The van der Waals surface area contributed by atoms with E-state index in [1.54, 1.807) is 14.2 Å². The zero-order valence-electron chi connectivity index (χ0n) is 10.6. The maximum atomic E-state index is 11.6. The van der Waals surface area contributed by atoms with Gasteiger partial charge < -0.3 is 19.1 Å². The van der Waals surface area contributed by atoms with Gasteiger partial charge in [-0.3, -0.25) is 4.79 Å². The molecule has 2 rings (SSSR count). The van der Waals surface area contributed by atoms with Gasteiger partial charge >= 0.3 is 0 Å². The van der Waals surface area contributed by atoms with E-state index in [1.807, 2.05) is 4.90 Å². The van der Waals surface area contributed by atoms with E-state index in [2.05, 4.69) is 0 Å². The van der Waals surface area contributed by atoms with Crippen LogP contribution in [0.2, 0.25) is 0 Å². The van der Waals surface area contributed by atoms with Crippen molar-refractivity contribution in [1.82, 2.24) is 4.90 Å². The standard InChI is InChI=1S/C12H21NO4/c1-15-5-3-10-4-6-17-12(10)8-13(9-12)11(14)7-16-2/h10H,3-9H2,1-2H3/t10-/m1/s1. The lowest BCUT2D eigenvalue weighted by molar-refractivity contribution is -0.169. The van der Waals surface area contributed by atoms with E-state index < -0.39 is 0 Å². The van der Waals surface area contributed by atoms with Gasteiger partial charge in [0.2, 0.25) is 5.91 Å². The van der Waals surface area contributed by atoms with Gasteiger partial charge in [-0.25, -0.2) is 0 Å². The molecule has 1 amide bonds. The van der Waals surface area contributed by atoms with Crippen molar-refractivity contribution in [3.63, 3.8) is 0 Å². The summed E-state index contributed by atoms with van der Waals surface area (Å²) in [6.07, 6.45) is 2.10. The van der Waals surface area contributed by atoms with Crippen molar-refractivity contribution < 1.29 is 19.0 Å². The Morgan fingerprint density at radius 2 is 2.18 bits per heavy atom. The molecule has 0 unspecified atom stereocenters. The molecule has 5 heteroatoms. The number of rotatable bonds is 5. The van der Waals surface area contributed by atoms with E-state index in [1.165, 1.54) is 0 Å². The quantitative estimate of drug-likeness (QED) is 0.696. The lowest BCUT2D eigenvalue weighted by atomic mass is 9.79. The van der Waals surface area contributed by atoms with Crippen LogP contribution in [0, 0.1) is 5.92 Å². The highest BCUT2D eigenvalue weighted by molar-refractivity contribution is 5.78. The summed E-state index contributed by atoms with van der Waals surface area (Å²) in [5.41, 5.74) is -0.0953. The molecule has 2 saturated heterocycles. The zero-order valence-corrected chi connectivity index (χ0v) is 10.6. The van der Waals surface area contributed by atoms with E-state index in [0.29, 0.717) is 19.0 Å². The lowest BCUT2D eigenvalue weighted by Crippen LogP contribution is -2.66. The first kappa shape index (κ1) is 12.8. The van der Waals surface area contributed by atoms with E-state index in [9.17, 15) is 4.79 Å².